The largest absolute Gasteiger partial charge is 0.323 e. The number of rotatable bonds is 5. The third-order valence-electron chi connectivity index (χ3n) is 3.60. The Balaban J connectivity index is 1.97. The molecule has 0 saturated carbocycles. The Morgan fingerprint density at radius 1 is 1.04 bits per heavy atom. The predicted octanol–water partition coefficient (Wildman–Crippen LogP) is 3.87. The summed E-state index contributed by atoms with van der Waals surface area (Å²) in [6.45, 7) is 6.01. The number of nitrogens with zero attached hydrogens (tertiary/aromatic N) is 1. The van der Waals surface area contributed by atoms with E-state index < -0.39 is 0 Å². The van der Waals surface area contributed by atoms with Crippen LogP contribution >= 0.6 is 0 Å². The molecule has 2 N–H and O–H groups in total. The van der Waals surface area contributed by atoms with E-state index in [1.165, 1.54) is 6.20 Å². The number of hydrogen-bond donors (Lipinski definition) is 2. The lowest BCUT2D eigenvalue weighted by molar-refractivity contribution is -0.112. The van der Waals surface area contributed by atoms with Gasteiger partial charge >= 0.3 is 0 Å². The highest BCUT2D eigenvalue weighted by molar-refractivity contribution is 6.04. The number of aromatic nitrogens is 1. The molecule has 0 aliphatic heterocycles. The van der Waals surface area contributed by atoms with Crippen LogP contribution in [0.4, 0.5) is 11.4 Å². The summed E-state index contributed by atoms with van der Waals surface area (Å²) in [6, 6.07) is 10.4. The topological polar surface area (TPSA) is 71.1 Å². The summed E-state index contributed by atoms with van der Waals surface area (Å²) in [6.07, 6.45) is 4.72. The van der Waals surface area contributed by atoms with Gasteiger partial charge in [0.15, 0.2) is 0 Å². The summed E-state index contributed by atoms with van der Waals surface area (Å²) in [7, 11) is 0. The van der Waals surface area contributed by atoms with E-state index in [1.54, 1.807) is 48.7 Å². The summed E-state index contributed by atoms with van der Waals surface area (Å²) in [4.78, 5) is 27.9. The fourth-order valence-electron chi connectivity index (χ4n) is 1.89. The first-order valence-corrected chi connectivity index (χ1v) is 7.76. The standard InChI is InChI=1S/C19H21N3O2/c1-13(2)14(3)11-18(23)21-16-6-8-17(9-7-16)22-19(24)15-5-4-10-20-12-15/h4-13H,1-3H3,(H,21,23)(H,22,24)/b14-11+. The van der Waals surface area contributed by atoms with Crippen molar-refractivity contribution >= 4 is 23.2 Å². The van der Waals surface area contributed by atoms with Crippen LogP contribution in [0.1, 0.15) is 31.1 Å². The molecule has 0 unspecified atom stereocenters. The third-order valence-corrected chi connectivity index (χ3v) is 3.60. The highest BCUT2D eigenvalue weighted by Crippen LogP contribution is 2.15. The number of nitrogens with one attached hydrogen (secondary N) is 2. The summed E-state index contributed by atoms with van der Waals surface area (Å²) >= 11 is 0. The molecule has 0 fully saturated rings. The van der Waals surface area contributed by atoms with E-state index in [4.69, 9.17) is 0 Å². The highest BCUT2D eigenvalue weighted by Gasteiger charge is 2.06. The van der Waals surface area contributed by atoms with Crippen LogP contribution in [0, 0.1) is 5.92 Å². The number of carbonyl (C=O) groups excluding carboxylic acids is 2. The van der Waals surface area contributed by atoms with E-state index in [2.05, 4.69) is 15.6 Å². The molecule has 0 radical (unpaired) electrons. The van der Waals surface area contributed by atoms with Gasteiger partial charge in [-0.25, -0.2) is 0 Å². The Morgan fingerprint density at radius 3 is 2.21 bits per heavy atom. The first-order valence-electron chi connectivity index (χ1n) is 7.76. The Morgan fingerprint density at radius 2 is 1.67 bits per heavy atom. The molecule has 0 saturated heterocycles. The molecule has 0 spiro atoms. The Bertz CT molecular complexity index is 735. The van der Waals surface area contributed by atoms with Gasteiger partial charge in [-0.15, -0.1) is 0 Å². The van der Waals surface area contributed by atoms with Crippen LogP contribution in [0.25, 0.3) is 0 Å². The normalized spacial score (nSPS) is 11.2. The van der Waals surface area contributed by atoms with Crippen LogP contribution in [0.3, 0.4) is 0 Å². The average molecular weight is 323 g/mol. The molecule has 1 heterocycles. The number of anilines is 2. The second-order valence-corrected chi connectivity index (χ2v) is 5.81. The van der Waals surface area contributed by atoms with Crippen LogP contribution in [0.5, 0.6) is 0 Å². The molecule has 0 atom stereocenters. The van der Waals surface area contributed by atoms with Gasteiger partial charge in [0.05, 0.1) is 5.56 Å². The third kappa shape index (κ3) is 5.05. The average Bonchev–Trinajstić information content (AvgIpc) is 2.57. The Labute approximate surface area is 141 Å². The van der Waals surface area contributed by atoms with Crippen molar-refractivity contribution in [2.75, 3.05) is 10.6 Å². The molecule has 2 rings (SSSR count). The lowest BCUT2D eigenvalue weighted by Gasteiger charge is -2.08. The lowest BCUT2D eigenvalue weighted by Crippen LogP contribution is -2.12. The molecule has 2 aromatic rings. The number of pyridine rings is 1. The van der Waals surface area contributed by atoms with E-state index in [1.807, 2.05) is 20.8 Å². The van der Waals surface area contributed by atoms with Gasteiger partial charge in [-0.3, -0.25) is 14.6 Å². The second kappa shape index (κ2) is 8.06. The molecule has 5 heteroatoms. The minimum Gasteiger partial charge on any atom is -0.323 e. The molecule has 0 aliphatic carbocycles. The Kier molecular flexibility index (Phi) is 5.84. The monoisotopic (exact) mass is 323 g/mol. The fraction of sp³-hybridized carbons (Fsp3) is 0.211. The summed E-state index contributed by atoms with van der Waals surface area (Å²) in [5.41, 5.74) is 2.83. The van der Waals surface area contributed by atoms with E-state index in [0.717, 1.165) is 5.57 Å². The van der Waals surface area contributed by atoms with Crippen molar-refractivity contribution in [3.8, 4) is 0 Å². The van der Waals surface area contributed by atoms with Gasteiger partial charge < -0.3 is 10.6 Å². The molecular formula is C19H21N3O2. The minimum absolute atomic E-state index is 0.159. The number of benzene rings is 1. The molecule has 0 aliphatic rings. The van der Waals surface area contributed by atoms with Crippen LogP contribution in [-0.2, 0) is 4.79 Å². The van der Waals surface area contributed by atoms with Crippen LogP contribution in [0.15, 0.2) is 60.4 Å². The first kappa shape index (κ1) is 17.4. The van der Waals surface area contributed by atoms with Gasteiger partial charge in [0.25, 0.3) is 5.91 Å². The predicted molar refractivity (Wildman–Crippen MR) is 95.9 cm³/mol. The Hall–Kier alpha value is -2.95. The molecular weight excluding hydrogens is 302 g/mol. The van der Waals surface area contributed by atoms with Crippen molar-refractivity contribution in [2.45, 2.75) is 20.8 Å². The van der Waals surface area contributed by atoms with Crippen LogP contribution in [-0.4, -0.2) is 16.8 Å². The van der Waals surface area contributed by atoms with E-state index >= 15 is 0 Å². The zero-order valence-corrected chi connectivity index (χ0v) is 14.0. The molecule has 1 aromatic carbocycles. The van der Waals surface area contributed by atoms with Gasteiger partial charge in [0.2, 0.25) is 5.91 Å². The van der Waals surface area contributed by atoms with Gasteiger partial charge in [0, 0.05) is 29.8 Å². The maximum absolute atomic E-state index is 12.0. The number of hydrogen-bond acceptors (Lipinski definition) is 3. The molecule has 124 valence electrons. The first-order chi connectivity index (χ1) is 11.5. The van der Waals surface area contributed by atoms with Crippen molar-refractivity contribution in [3.63, 3.8) is 0 Å². The highest BCUT2D eigenvalue weighted by atomic mass is 16.2. The number of amides is 2. The zero-order valence-electron chi connectivity index (χ0n) is 14.0. The maximum Gasteiger partial charge on any atom is 0.257 e. The molecule has 1 aromatic heterocycles. The molecule has 0 bridgehead atoms. The fourth-order valence-corrected chi connectivity index (χ4v) is 1.89. The number of allylic oxidation sites excluding steroid dienone is 1. The summed E-state index contributed by atoms with van der Waals surface area (Å²) in [5, 5.41) is 5.58. The van der Waals surface area contributed by atoms with E-state index in [0.29, 0.717) is 22.9 Å². The summed E-state index contributed by atoms with van der Waals surface area (Å²) < 4.78 is 0. The number of carbonyl (C=O) groups is 2. The second-order valence-electron chi connectivity index (χ2n) is 5.81. The molecule has 5 nitrogen and oxygen atoms in total. The lowest BCUT2D eigenvalue weighted by atomic mass is 10.1. The van der Waals surface area contributed by atoms with Crippen molar-refractivity contribution < 1.29 is 9.59 Å². The molecule has 2 amide bonds. The summed E-state index contributed by atoms with van der Waals surface area (Å²) in [5.74, 6) is -0.0514. The SMILES string of the molecule is C/C(=C\C(=O)Nc1ccc(NC(=O)c2cccnc2)cc1)C(C)C. The van der Waals surface area contributed by atoms with Crippen molar-refractivity contribution in [3.05, 3.63) is 66.0 Å². The van der Waals surface area contributed by atoms with Gasteiger partial charge in [-0.1, -0.05) is 19.4 Å². The van der Waals surface area contributed by atoms with Gasteiger partial charge in [-0.2, -0.15) is 0 Å². The minimum atomic E-state index is -0.227. The quantitative estimate of drug-likeness (QED) is 0.820. The van der Waals surface area contributed by atoms with Crippen LogP contribution < -0.4 is 10.6 Å². The van der Waals surface area contributed by atoms with Crippen molar-refractivity contribution in [1.29, 1.82) is 0 Å². The van der Waals surface area contributed by atoms with Crippen LogP contribution in [0.2, 0.25) is 0 Å². The molecule has 24 heavy (non-hydrogen) atoms. The maximum atomic E-state index is 12.0. The van der Waals surface area contributed by atoms with Crippen molar-refractivity contribution in [2.24, 2.45) is 5.92 Å². The van der Waals surface area contributed by atoms with E-state index in [9.17, 15) is 9.59 Å². The van der Waals surface area contributed by atoms with Gasteiger partial charge in [0.1, 0.15) is 0 Å². The smallest absolute Gasteiger partial charge is 0.257 e. The zero-order chi connectivity index (χ0) is 17.5. The van der Waals surface area contributed by atoms with E-state index in [-0.39, 0.29) is 11.8 Å². The van der Waals surface area contributed by atoms with Gasteiger partial charge in [-0.05, 0) is 49.2 Å². The van der Waals surface area contributed by atoms with Crippen molar-refractivity contribution in [1.82, 2.24) is 4.98 Å².